The second-order valence-corrected chi connectivity index (χ2v) is 7.01. The first kappa shape index (κ1) is 19.8. The van der Waals surface area contributed by atoms with Gasteiger partial charge in [-0.25, -0.2) is 9.37 Å². The van der Waals surface area contributed by atoms with Crippen molar-refractivity contribution in [3.05, 3.63) is 60.3 Å². The van der Waals surface area contributed by atoms with Gasteiger partial charge >= 0.3 is 0 Å². The predicted octanol–water partition coefficient (Wildman–Crippen LogP) is 3.62. The lowest BCUT2D eigenvalue weighted by Crippen LogP contribution is -2.22. The van der Waals surface area contributed by atoms with Crippen LogP contribution in [0.4, 0.5) is 15.8 Å². The average Bonchev–Trinajstić information content (AvgIpc) is 3.19. The van der Waals surface area contributed by atoms with E-state index in [-0.39, 0.29) is 18.9 Å². The van der Waals surface area contributed by atoms with Crippen LogP contribution in [0.1, 0.15) is 5.56 Å². The molecule has 1 N–H and O–H groups in total. The van der Waals surface area contributed by atoms with Crippen molar-refractivity contribution in [1.82, 2.24) is 19.7 Å². The third kappa shape index (κ3) is 3.69. The molecule has 0 radical (unpaired) electrons. The summed E-state index contributed by atoms with van der Waals surface area (Å²) in [6.07, 6.45) is 5.30. The van der Waals surface area contributed by atoms with Gasteiger partial charge in [-0.3, -0.25) is 9.67 Å². The Hall–Kier alpha value is -3.52. The number of nitrogens with zero attached hydrogens (tertiary/aromatic N) is 5. The summed E-state index contributed by atoms with van der Waals surface area (Å²) in [4.78, 5) is 10.9. The zero-order valence-corrected chi connectivity index (χ0v) is 17.0. The molecule has 0 amide bonds. The van der Waals surface area contributed by atoms with Crippen molar-refractivity contribution >= 4 is 22.4 Å². The maximum atomic E-state index is 15.0. The number of halogens is 1. The Balaban J connectivity index is 1.82. The summed E-state index contributed by atoms with van der Waals surface area (Å²) in [5.41, 5.74) is 4.82. The molecule has 0 bridgehead atoms. The molecule has 4 rings (SSSR count). The predicted molar refractivity (Wildman–Crippen MR) is 114 cm³/mol. The quantitative estimate of drug-likeness (QED) is 0.526. The number of anilines is 2. The van der Waals surface area contributed by atoms with Crippen LogP contribution in [0.15, 0.2) is 48.9 Å². The number of benzene rings is 2. The molecule has 154 valence electrons. The van der Waals surface area contributed by atoms with Crippen LogP contribution in [-0.4, -0.2) is 45.1 Å². The van der Waals surface area contributed by atoms with Crippen LogP contribution in [0.5, 0.6) is 5.75 Å². The smallest absolute Gasteiger partial charge is 0.188 e. The molecule has 0 atom stereocenters. The van der Waals surface area contributed by atoms with E-state index in [4.69, 9.17) is 9.72 Å². The third-order valence-corrected chi connectivity index (χ3v) is 4.84. The molecule has 0 aliphatic carbocycles. The monoisotopic (exact) mass is 407 g/mol. The van der Waals surface area contributed by atoms with E-state index >= 15 is 4.39 Å². The van der Waals surface area contributed by atoms with E-state index in [0.29, 0.717) is 22.6 Å². The van der Waals surface area contributed by atoms with E-state index in [1.807, 2.05) is 38.4 Å². The van der Waals surface area contributed by atoms with E-state index in [9.17, 15) is 5.11 Å². The summed E-state index contributed by atoms with van der Waals surface area (Å²) in [6.45, 7) is 1.94. The lowest BCUT2D eigenvalue weighted by Gasteiger charge is -2.26. The average molecular weight is 407 g/mol. The number of hydrogen-bond donors (Lipinski definition) is 1. The zero-order valence-electron chi connectivity index (χ0n) is 17.0. The first-order valence-corrected chi connectivity index (χ1v) is 9.48. The van der Waals surface area contributed by atoms with Crippen LogP contribution >= 0.6 is 0 Å². The van der Waals surface area contributed by atoms with Crippen LogP contribution in [-0.2, 0) is 7.05 Å². The summed E-state index contributed by atoms with van der Waals surface area (Å²) < 4.78 is 21.9. The molecule has 0 unspecified atom stereocenters. The molecule has 2 heterocycles. The Morgan fingerprint density at radius 2 is 2.00 bits per heavy atom. The van der Waals surface area contributed by atoms with Crippen LogP contribution in [0.25, 0.3) is 22.3 Å². The third-order valence-electron chi connectivity index (χ3n) is 4.84. The topological polar surface area (TPSA) is 76.3 Å². The number of rotatable bonds is 6. The van der Waals surface area contributed by atoms with E-state index in [0.717, 1.165) is 16.6 Å². The van der Waals surface area contributed by atoms with Crippen molar-refractivity contribution in [2.45, 2.75) is 6.92 Å². The lowest BCUT2D eigenvalue weighted by molar-refractivity contribution is 0.305. The normalized spacial score (nSPS) is 11.1. The van der Waals surface area contributed by atoms with Gasteiger partial charge in [-0.2, -0.15) is 5.10 Å². The Kier molecular flexibility index (Phi) is 5.33. The fraction of sp³-hybridized carbons (Fsp3) is 0.227. The Bertz CT molecular complexity index is 1210. The van der Waals surface area contributed by atoms with Gasteiger partial charge in [-0.1, -0.05) is 0 Å². The van der Waals surface area contributed by atoms with Crippen molar-refractivity contribution in [3.8, 4) is 17.0 Å². The van der Waals surface area contributed by atoms with E-state index < -0.39 is 5.82 Å². The van der Waals surface area contributed by atoms with Crippen molar-refractivity contribution in [2.24, 2.45) is 7.05 Å². The minimum absolute atomic E-state index is 0.144. The van der Waals surface area contributed by atoms with Crippen molar-refractivity contribution in [2.75, 3.05) is 25.2 Å². The van der Waals surface area contributed by atoms with Gasteiger partial charge in [0, 0.05) is 31.0 Å². The number of aliphatic hydroxyl groups excluding tert-OH is 1. The van der Waals surface area contributed by atoms with Crippen LogP contribution in [0.3, 0.4) is 0 Å². The number of ether oxygens (including phenoxy) is 1. The van der Waals surface area contributed by atoms with Crippen molar-refractivity contribution < 1.29 is 14.2 Å². The summed E-state index contributed by atoms with van der Waals surface area (Å²) in [7, 11) is 3.27. The first-order valence-electron chi connectivity index (χ1n) is 9.48. The second-order valence-electron chi connectivity index (χ2n) is 7.01. The highest BCUT2D eigenvalue weighted by Crippen LogP contribution is 2.34. The van der Waals surface area contributed by atoms with E-state index in [2.05, 4.69) is 10.1 Å². The van der Waals surface area contributed by atoms with E-state index in [1.54, 1.807) is 34.1 Å². The molecule has 30 heavy (non-hydrogen) atoms. The van der Waals surface area contributed by atoms with Gasteiger partial charge in [0.2, 0.25) is 0 Å². The molecule has 2 aromatic heterocycles. The molecule has 2 aromatic carbocycles. The van der Waals surface area contributed by atoms with Crippen molar-refractivity contribution in [1.29, 1.82) is 0 Å². The molecule has 8 heteroatoms. The molecular formula is C22H22FN5O2. The van der Waals surface area contributed by atoms with Gasteiger partial charge in [0.1, 0.15) is 0 Å². The van der Waals surface area contributed by atoms with Crippen molar-refractivity contribution in [3.63, 3.8) is 0 Å². The number of aliphatic hydroxyl groups is 1. The number of methoxy groups -OCH3 is 1. The minimum Gasteiger partial charge on any atom is -0.494 e. The van der Waals surface area contributed by atoms with E-state index in [1.165, 1.54) is 7.11 Å². The van der Waals surface area contributed by atoms with Crippen LogP contribution in [0.2, 0.25) is 0 Å². The molecule has 0 spiro atoms. The zero-order chi connectivity index (χ0) is 21.3. The van der Waals surface area contributed by atoms with Crippen LogP contribution in [0, 0.1) is 12.7 Å². The summed E-state index contributed by atoms with van der Waals surface area (Å²) in [5, 5.41) is 13.8. The molecule has 7 nitrogen and oxygen atoms in total. The Morgan fingerprint density at radius 3 is 2.70 bits per heavy atom. The molecule has 4 aromatic rings. The maximum Gasteiger partial charge on any atom is 0.188 e. The van der Waals surface area contributed by atoms with Gasteiger partial charge in [-0.05, 0) is 42.8 Å². The Morgan fingerprint density at radius 1 is 1.17 bits per heavy atom. The van der Waals surface area contributed by atoms with Gasteiger partial charge in [0.05, 0.1) is 48.5 Å². The molecule has 0 aliphatic heterocycles. The fourth-order valence-electron chi connectivity index (χ4n) is 3.41. The Labute approximate surface area is 173 Å². The molecule has 0 fully saturated rings. The number of hydrogen-bond acceptors (Lipinski definition) is 6. The standard InChI is InChI=1S/C22H22FN5O2/c1-14-8-20(22(23)21(9-14)30-3)28(6-7-29)16-4-5-17-18(10-16)26-19(12-24-17)15-11-25-27(2)13-15/h4-5,8-13,29H,6-7H2,1-3H3. The molecular weight excluding hydrogens is 385 g/mol. The SMILES string of the molecule is COc1cc(C)cc(N(CCO)c2ccc3ncc(-c4cnn(C)c4)nc3c2)c1F. The number of aryl methyl sites for hydroxylation is 2. The highest BCUT2D eigenvalue weighted by atomic mass is 19.1. The summed E-state index contributed by atoms with van der Waals surface area (Å²) >= 11 is 0. The van der Waals surface area contributed by atoms with Crippen LogP contribution < -0.4 is 9.64 Å². The highest BCUT2D eigenvalue weighted by Gasteiger charge is 2.19. The largest absolute Gasteiger partial charge is 0.494 e. The van der Waals surface area contributed by atoms with Gasteiger partial charge in [-0.15, -0.1) is 0 Å². The second kappa shape index (κ2) is 8.08. The minimum atomic E-state index is -0.480. The van der Waals surface area contributed by atoms with Gasteiger partial charge in [0.25, 0.3) is 0 Å². The fourth-order valence-corrected chi connectivity index (χ4v) is 3.41. The first-order chi connectivity index (χ1) is 14.5. The summed E-state index contributed by atoms with van der Waals surface area (Å²) in [6, 6.07) is 8.88. The summed E-state index contributed by atoms with van der Waals surface area (Å²) in [5.74, 6) is -0.320. The highest BCUT2D eigenvalue weighted by molar-refractivity contribution is 5.82. The molecule has 0 saturated heterocycles. The number of fused-ring (bicyclic) bond motifs is 1. The molecule has 0 saturated carbocycles. The lowest BCUT2D eigenvalue weighted by atomic mass is 10.1. The maximum absolute atomic E-state index is 15.0. The van der Waals surface area contributed by atoms with Gasteiger partial charge in [0.15, 0.2) is 11.6 Å². The number of aromatic nitrogens is 4. The van der Waals surface area contributed by atoms with Gasteiger partial charge < -0.3 is 14.7 Å². The molecule has 0 aliphatic rings.